The molecule has 2 heterocycles. The topological polar surface area (TPSA) is 38.3 Å². The van der Waals surface area contributed by atoms with Crippen molar-refractivity contribution in [3.63, 3.8) is 0 Å². The lowest BCUT2D eigenvalue weighted by atomic mass is 9.86. The summed E-state index contributed by atoms with van der Waals surface area (Å²) in [6.45, 7) is 1.66. The minimum Gasteiger partial charge on any atom is -0.363 e. The van der Waals surface area contributed by atoms with Crippen LogP contribution in [0, 0.1) is 0 Å². The van der Waals surface area contributed by atoms with Crippen LogP contribution in [0.15, 0.2) is 36.4 Å². The largest absolute Gasteiger partial charge is 0.417 e. The molecule has 4 rings (SSSR count). The fourth-order valence-corrected chi connectivity index (χ4v) is 4.10. The first-order chi connectivity index (χ1) is 13.6. The van der Waals surface area contributed by atoms with Crippen LogP contribution in [0.4, 0.5) is 13.2 Å². The van der Waals surface area contributed by atoms with Crippen LogP contribution in [0.3, 0.4) is 0 Å². The van der Waals surface area contributed by atoms with Gasteiger partial charge in [0.05, 0.1) is 27.2 Å². The Hall–Kier alpha value is -1.28. The average Bonchev–Trinajstić information content (AvgIpc) is 3.01. The summed E-state index contributed by atoms with van der Waals surface area (Å²) in [5.74, 6) is -0.782. The van der Waals surface area contributed by atoms with Crippen molar-refractivity contribution < 1.29 is 22.7 Å². The van der Waals surface area contributed by atoms with E-state index in [9.17, 15) is 18.0 Å². The van der Waals surface area contributed by atoms with Crippen LogP contribution in [0.25, 0.3) is 5.57 Å². The van der Waals surface area contributed by atoms with E-state index < -0.39 is 17.5 Å². The van der Waals surface area contributed by atoms with E-state index in [-0.39, 0.29) is 44.2 Å². The van der Waals surface area contributed by atoms with Gasteiger partial charge in [0.25, 0.3) is 0 Å². The second-order valence-corrected chi connectivity index (χ2v) is 8.12. The molecule has 0 amide bonds. The molecular formula is C20H14Cl4F3NO2. The van der Waals surface area contributed by atoms with Gasteiger partial charge in [-0.25, -0.2) is 0 Å². The highest BCUT2D eigenvalue weighted by Crippen LogP contribution is 2.41. The van der Waals surface area contributed by atoms with Crippen LogP contribution in [0.1, 0.15) is 27.0 Å². The quantitative estimate of drug-likeness (QED) is 0.310. The smallest absolute Gasteiger partial charge is 0.363 e. The van der Waals surface area contributed by atoms with E-state index in [4.69, 9.17) is 39.5 Å². The summed E-state index contributed by atoms with van der Waals surface area (Å²) < 4.78 is 46.8. The second kappa shape index (κ2) is 8.34. The third-order valence-electron chi connectivity index (χ3n) is 5.08. The normalized spacial score (nSPS) is 17.3. The van der Waals surface area contributed by atoms with Gasteiger partial charge >= 0.3 is 6.18 Å². The maximum atomic E-state index is 13.7. The Morgan fingerprint density at radius 2 is 1.70 bits per heavy atom. The predicted octanol–water partition coefficient (Wildman–Crippen LogP) is 6.23. The molecule has 1 fully saturated rings. The highest BCUT2D eigenvalue weighted by Gasteiger charge is 2.45. The van der Waals surface area contributed by atoms with Crippen molar-refractivity contribution in [1.29, 1.82) is 0 Å². The predicted molar refractivity (Wildman–Crippen MR) is 113 cm³/mol. The number of ether oxygens (including phenoxy) is 1. The summed E-state index contributed by atoms with van der Waals surface area (Å²) >= 11 is 17.5. The molecule has 0 radical (unpaired) electrons. The Morgan fingerprint density at radius 3 is 2.23 bits per heavy atom. The van der Waals surface area contributed by atoms with E-state index in [0.717, 1.165) is 23.3 Å². The molecule has 2 aliphatic heterocycles. The highest BCUT2D eigenvalue weighted by atomic mass is 35.5. The summed E-state index contributed by atoms with van der Waals surface area (Å²) in [5.41, 5.74) is 0.0277. The molecule has 1 spiro atoms. The molecule has 160 valence electrons. The van der Waals surface area contributed by atoms with Gasteiger partial charge in [-0.3, -0.25) is 4.79 Å². The maximum Gasteiger partial charge on any atom is 0.417 e. The zero-order chi connectivity index (χ0) is 21.0. The van der Waals surface area contributed by atoms with Gasteiger partial charge in [-0.05, 0) is 41.0 Å². The van der Waals surface area contributed by atoms with Gasteiger partial charge in [0, 0.05) is 18.7 Å². The minimum atomic E-state index is -4.79. The third kappa shape index (κ3) is 4.09. The van der Waals surface area contributed by atoms with Crippen molar-refractivity contribution in [3.8, 4) is 0 Å². The van der Waals surface area contributed by atoms with E-state index >= 15 is 0 Å². The first kappa shape index (κ1) is 23.4. The number of allylic oxidation sites excluding steroid dienone is 2. The molecule has 10 heteroatoms. The van der Waals surface area contributed by atoms with Crippen LogP contribution in [0.2, 0.25) is 15.1 Å². The van der Waals surface area contributed by atoms with Gasteiger partial charge in [-0.2, -0.15) is 13.2 Å². The lowest BCUT2D eigenvalue weighted by molar-refractivity contribution is -0.0746. The number of nitrogens with one attached hydrogen (secondary N) is 1. The van der Waals surface area contributed by atoms with E-state index in [1.165, 1.54) is 6.07 Å². The molecule has 0 bridgehead atoms. The number of carbonyl (C=O) groups excluding carboxylic acids is 1. The lowest BCUT2D eigenvalue weighted by Crippen LogP contribution is -2.56. The monoisotopic (exact) mass is 497 g/mol. The fraction of sp³-hybridized carbons (Fsp3) is 0.250. The Bertz CT molecular complexity index is 1030. The molecule has 2 aromatic rings. The number of alkyl halides is 3. The number of carbonyl (C=O) groups is 1. The number of ketones is 1. The lowest BCUT2D eigenvalue weighted by Gasteiger charge is -2.39. The summed E-state index contributed by atoms with van der Waals surface area (Å²) in [5, 5.41) is 2.82. The maximum absolute atomic E-state index is 13.7. The molecule has 1 N–H and O–H groups in total. The van der Waals surface area contributed by atoms with Crippen molar-refractivity contribution in [2.45, 2.75) is 18.4 Å². The number of halogens is 7. The number of fused-ring (bicyclic) bond motifs is 2. The Balaban J connectivity index is 0.00000256. The summed E-state index contributed by atoms with van der Waals surface area (Å²) in [6.07, 6.45) is -4.24. The van der Waals surface area contributed by atoms with Crippen LogP contribution in [0.5, 0.6) is 0 Å². The zero-order valence-corrected chi connectivity index (χ0v) is 18.2. The molecular weight excluding hydrogens is 485 g/mol. The van der Waals surface area contributed by atoms with Gasteiger partial charge in [0.1, 0.15) is 5.60 Å². The molecule has 2 aromatic carbocycles. The van der Waals surface area contributed by atoms with Crippen LogP contribution in [-0.2, 0) is 16.9 Å². The van der Waals surface area contributed by atoms with E-state index in [1.807, 2.05) is 0 Å². The zero-order valence-electron chi connectivity index (χ0n) is 15.1. The molecule has 0 aliphatic carbocycles. The van der Waals surface area contributed by atoms with Crippen LogP contribution < -0.4 is 5.32 Å². The van der Waals surface area contributed by atoms with E-state index in [1.54, 1.807) is 12.1 Å². The Labute approximate surface area is 191 Å². The van der Waals surface area contributed by atoms with Gasteiger partial charge in [0.15, 0.2) is 5.78 Å². The van der Waals surface area contributed by atoms with Crippen LogP contribution in [-0.4, -0.2) is 25.0 Å². The molecule has 0 atom stereocenters. The first-order valence-corrected chi connectivity index (χ1v) is 9.70. The van der Waals surface area contributed by atoms with Gasteiger partial charge < -0.3 is 10.1 Å². The standard InChI is InChI=1S/C20H13Cl3F3NO2.ClH/c21-15-4-11(5-16(22)18(15)23)14(20(24,25)26)6-17(28)10-1-2-13-12(3-10)7-29-19(13)8-27-9-19;/h1-6,27H,7-9H2;1H/b14-6+;. The Kier molecular flexibility index (Phi) is 6.50. The summed E-state index contributed by atoms with van der Waals surface area (Å²) in [4.78, 5) is 12.6. The SMILES string of the molecule is Cl.O=C(/C=C(\c1cc(Cl)c(Cl)c(Cl)c1)C(F)(F)F)c1ccc2c(c1)COC21CNC1. The fourth-order valence-electron chi connectivity index (χ4n) is 3.50. The van der Waals surface area contributed by atoms with Gasteiger partial charge in [-0.1, -0.05) is 46.9 Å². The molecule has 30 heavy (non-hydrogen) atoms. The number of rotatable bonds is 3. The van der Waals surface area contributed by atoms with Gasteiger partial charge in [0.2, 0.25) is 0 Å². The highest BCUT2D eigenvalue weighted by molar-refractivity contribution is 6.48. The molecule has 0 unspecified atom stereocenters. The summed E-state index contributed by atoms with van der Waals surface area (Å²) in [7, 11) is 0. The van der Waals surface area contributed by atoms with Crippen molar-refractivity contribution in [3.05, 3.63) is 73.7 Å². The number of hydrogen-bond donors (Lipinski definition) is 1. The second-order valence-electron chi connectivity index (χ2n) is 6.93. The molecule has 3 nitrogen and oxygen atoms in total. The molecule has 0 aromatic heterocycles. The average molecular weight is 499 g/mol. The van der Waals surface area contributed by atoms with E-state index in [2.05, 4.69) is 5.32 Å². The van der Waals surface area contributed by atoms with Gasteiger partial charge in [-0.15, -0.1) is 12.4 Å². The molecule has 2 aliphatic rings. The number of benzene rings is 2. The van der Waals surface area contributed by atoms with E-state index in [0.29, 0.717) is 25.8 Å². The van der Waals surface area contributed by atoms with Crippen molar-refractivity contribution in [2.75, 3.05) is 13.1 Å². The van der Waals surface area contributed by atoms with Crippen molar-refractivity contribution in [1.82, 2.24) is 5.32 Å². The Morgan fingerprint density at radius 1 is 1.07 bits per heavy atom. The number of hydrogen-bond acceptors (Lipinski definition) is 3. The molecule has 1 saturated heterocycles. The van der Waals surface area contributed by atoms with Crippen molar-refractivity contribution in [2.24, 2.45) is 0 Å². The summed E-state index contributed by atoms with van der Waals surface area (Å²) in [6, 6.07) is 6.91. The first-order valence-electron chi connectivity index (χ1n) is 8.57. The van der Waals surface area contributed by atoms with Crippen LogP contribution >= 0.6 is 47.2 Å². The minimum absolute atomic E-state index is 0. The van der Waals surface area contributed by atoms with Crippen molar-refractivity contribution >= 4 is 58.6 Å². The molecule has 0 saturated carbocycles. The third-order valence-corrected chi connectivity index (χ3v) is 6.28.